The van der Waals surface area contributed by atoms with Gasteiger partial charge in [0.05, 0.1) is 0 Å². The van der Waals surface area contributed by atoms with E-state index < -0.39 is 0 Å². The molecular weight excluding hydrogens is 126 g/mol. The third kappa shape index (κ3) is 3.01. The molecule has 0 aliphatic rings. The van der Waals surface area contributed by atoms with Crippen LogP contribution in [0.2, 0.25) is 0 Å². The van der Waals surface area contributed by atoms with Gasteiger partial charge in [-0.2, -0.15) is 0 Å². The molecule has 1 nitrogen and oxygen atoms in total. The fourth-order valence-electron chi connectivity index (χ4n) is 1.33. The molecule has 0 saturated heterocycles. The van der Waals surface area contributed by atoms with Gasteiger partial charge in [-0.3, -0.25) is 0 Å². The Morgan fingerprint density at radius 3 is 1.44 bits per heavy atom. The maximum absolute atomic E-state index is 2.52. The third-order valence-corrected chi connectivity index (χ3v) is 2.42. The molecule has 0 aromatic rings. The van der Waals surface area contributed by atoms with Crippen LogP contribution in [0.4, 0.5) is 0 Å². The number of rotatable bonds is 3. The topological polar surface area (TPSA) is 3.24 Å². The highest BCUT2D eigenvalue weighted by atomic mass is 28.1. The summed E-state index contributed by atoms with van der Waals surface area (Å²) in [6.07, 6.45) is 1.30. The summed E-state index contributed by atoms with van der Waals surface area (Å²) in [6.45, 7) is 9.05. The van der Waals surface area contributed by atoms with Crippen LogP contribution >= 0.6 is 0 Å². The van der Waals surface area contributed by atoms with Crippen LogP contribution in [0.5, 0.6) is 0 Å². The Morgan fingerprint density at radius 2 is 1.44 bits per heavy atom. The van der Waals surface area contributed by atoms with Crippen LogP contribution in [0, 0.1) is 0 Å². The summed E-state index contributed by atoms with van der Waals surface area (Å²) in [4.78, 5) is 2.52. The lowest BCUT2D eigenvalue weighted by atomic mass is 10.2. The Kier molecular flexibility index (Phi) is 4.15. The third-order valence-electron chi connectivity index (χ3n) is 1.69. The molecule has 0 heterocycles. The van der Waals surface area contributed by atoms with Gasteiger partial charge in [0.1, 0.15) is 0 Å². The van der Waals surface area contributed by atoms with E-state index in [0.29, 0.717) is 0 Å². The SMILES string of the molecule is CC(C)N(C[SiH3])C(C)C. The van der Waals surface area contributed by atoms with Crippen LogP contribution in [0.15, 0.2) is 0 Å². The molecule has 2 heteroatoms. The minimum Gasteiger partial charge on any atom is -0.302 e. The van der Waals surface area contributed by atoms with Crippen molar-refractivity contribution in [3.05, 3.63) is 0 Å². The average molecular weight is 145 g/mol. The monoisotopic (exact) mass is 145 g/mol. The second kappa shape index (κ2) is 4.07. The lowest BCUT2D eigenvalue weighted by Gasteiger charge is -2.28. The van der Waals surface area contributed by atoms with Crippen molar-refractivity contribution in [1.82, 2.24) is 4.90 Å². The largest absolute Gasteiger partial charge is 0.302 e. The lowest BCUT2D eigenvalue weighted by Crippen LogP contribution is -2.37. The van der Waals surface area contributed by atoms with Crippen molar-refractivity contribution in [3.8, 4) is 0 Å². The summed E-state index contributed by atoms with van der Waals surface area (Å²) in [7, 11) is 1.29. The molecular formula is C7H19NSi. The van der Waals surface area contributed by atoms with Gasteiger partial charge in [-0.25, -0.2) is 0 Å². The van der Waals surface area contributed by atoms with Crippen molar-refractivity contribution in [1.29, 1.82) is 0 Å². The summed E-state index contributed by atoms with van der Waals surface area (Å²) < 4.78 is 0. The molecule has 0 spiro atoms. The number of hydrogen-bond acceptors (Lipinski definition) is 1. The van der Waals surface area contributed by atoms with E-state index in [2.05, 4.69) is 32.6 Å². The minimum absolute atomic E-state index is 0.725. The van der Waals surface area contributed by atoms with Gasteiger partial charge < -0.3 is 4.90 Å². The maximum Gasteiger partial charge on any atom is 0.0205 e. The molecule has 0 rings (SSSR count). The Morgan fingerprint density at radius 1 is 1.11 bits per heavy atom. The van der Waals surface area contributed by atoms with E-state index in [1.807, 2.05) is 0 Å². The van der Waals surface area contributed by atoms with E-state index in [1.165, 1.54) is 16.4 Å². The maximum atomic E-state index is 2.52. The molecule has 0 aromatic heterocycles. The first-order valence-corrected chi connectivity index (χ1v) is 5.26. The normalized spacial score (nSPS) is 12.3. The summed E-state index contributed by atoms with van der Waals surface area (Å²) >= 11 is 0. The molecule has 0 radical (unpaired) electrons. The van der Waals surface area contributed by atoms with Crippen molar-refractivity contribution in [3.63, 3.8) is 0 Å². The molecule has 0 bridgehead atoms. The van der Waals surface area contributed by atoms with E-state index >= 15 is 0 Å². The molecule has 56 valence electrons. The summed E-state index contributed by atoms with van der Waals surface area (Å²) in [6, 6.07) is 1.45. The quantitative estimate of drug-likeness (QED) is 0.521. The zero-order valence-corrected chi connectivity index (χ0v) is 9.31. The van der Waals surface area contributed by atoms with Crippen LogP contribution in [0.1, 0.15) is 27.7 Å². The molecule has 0 amide bonds. The Labute approximate surface area is 61.9 Å². The average Bonchev–Trinajstić information content (AvgIpc) is 1.64. The first-order valence-electron chi connectivity index (χ1n) is 3.85. The summed E-state index contributed by atoms with van der Waals surface area (Å²) in [5.74, 6) is 0. The lowest BCUT2D eigenvalue weighted by molar-refractivity contribution is 0.208. The fourth-order valence-corrected chi connectivity index (χ4v) is 2.79. The van der Waals surface area contributed by atoms with Crippen molar-refractivity contribution in [2.24, 2.45) is 0 Å². The predicted octanol–water partition coefficient (Wildman–Crippen LogP) is 0.428. The van der Waals surface area contributed by atoms with Crippen molar-refractivity contribution < 1.29 is 0 Å². The Hall–Kier alpha value is 0.177. The Bertz CT molecular complexity index is 63.3. The molecule has 0 aromatic carbocycles. The predicted molar refractivity (Wildman–Crippen MR) is 46.9 cm³/mol. The van der Waals surface area contributed by atoms with Crippen LogP contribution in [0.3, 0.4) is 0 Å². The van der Waals surface area contributed by atoms with Gasteiger partial charge in [0, 0.05) is 22.3 Å². The first-order chi connectivity index (χ1) is 4.09. The van der Waals surface area contributed by atoms with Gasteiger partial charge in [-0.15, -0.1) is 0 Å². The highest BCUT2D eigenvalue weighted by Crippen LogP contribution is 2.01. The van der Waals surface area contributed by atoms with Gasteiger partial charge in [-0.1, -0.05) is 0 Å². The van der Waals surface area contributed by atoms with E-state index in [-0.39, 0.29) is 0 Å². The second-order valence-electron chi connectivity index (χ2n) is 3.02. The molecule has 0 saturated carbocycles. The molecule has 0 atom stereocenters. The molecule has 0 aliphatic carbocycles. The fraction of sp³-hybridized carbons (Fsp3) is 1.00. The van der Waals surface area contributed by atoms with E-state index in [0.717, 1.165) is 12.1 Å². The van der Waals surface area contributed by atoms with Crippen LogP contribution in [0.25, 0.3) is 0 Å². The first kappa shape index (κ1) is 9.18. The summed E-state index contributed by atoms with van der Waals surface area (Å²) in [5, 5.41) is 0. The minimum atomic E-state index is 0.725. The highest BCUT2D eigenvalue weighted by Gasteiger charge is 2.08. The van der Waals surface area contributed by atoms with Crippen LogP contribution < -0.4 is 0 Å². The van der Waals surface area contributed by atoms with E-state index in [4.69, 9.17) is 0 Å². The van der Waals surface area contributed by atoms with Crippen molar-refractivity contribution in [2.75, 3.05) is 6.17 Å². The molecule has 0 N–H and O–H groups in total. The van der Waals surface area contributed by atoms with Gasteiger partial charge in [-0.05, 0) is 33.9 Å². The van der Waals surface area contributed by atoms with Gasteiger partial charge in [0.2, 0.25) is 0 Å². The number of hydrogen-bond donors (Lipinski definition) is 0. The van der Waals surface area contributed by atoms with Crippen LogP contribution in [-0.4, -0.2) is 33.4 Å². The second-order valence-corrected chi connectivity index (χ2v) is 3.65. The van der Waals surface area contributed by atoms with Gasteiger partial charge in [0.25, 0.3) is 0 Å². The molecule has 0 unspecified atom stereocenters. The van der Waals surface area contributed by atoms with Crippen molar-refractivity contribution in [2.45, 2.75) is 39.8 Å². The zero-order valence-electron chi connectivity index (χ0n) is 7.31. The van der Waals surface area contributed by atoms with Crippen molar-refractivity contribution >= 4 is 10.2 Å². The molecule has 0 fully saturated rings. The van der Waals surface area contributed by atoms with E-state index in [1.54, 1.807) is 0 Å². The van der Waals surface area contributed by atoms with Gasteiger partial charge >= 0.3 is 0 Å². The highest BCUT2D eigenvalue weighted by molar-refractivity contribution is 6.08. The standard InChI is InChI=1S/C7H19NSi/c1-6(2)8(5-9)7(3)4/h6-7H,5H2,1-4,9H3. The van der Waals surface area contributed by atoms with Gasteiger partial charge in [0.15, 0.2) is 0 Å². The smallest absolute Gasteiger partial charge is 0.0205 e. The Balaban J connectivity index is 3.68. The number of nitrogens with zero attached hydrogens (tertiary/aromatic N) is 1. The molecule has 9 heavy (non-hydrogen) atoms. The van der Waals surface area contributed by atoms with E-state index in [9.17, 15) is 0 Å². The molecule has 0 aliphatic heterocycles. The summed E-state index contributed by atoms with van der Waals surface area (Å²) in [5.41, 5.74) is 0. The zero-order chi connectivity index (χ0) is 7.44. The van der Waals surface area contributed by atoms with Crippen LogP contribution in [-0.2, 0) is 0 Å².